The number of nitrogens with one attached hydrogen (secondary N) is 1. The summed E-state index contributed by atoms with van der Waals surface area (Å²) in [5, 5.41) is 5.04. The number of hydrazone groups is 1. The van der Waals surface area contributed by atoms with Gasteiger partial charge in [-0.05, 0) is 37.6 Å². The number of rotatable bonds is 6. The first-order valence-electron chi connectivity index (χ1n) is 9.67. The number of hydrogen-bond donors (Lipinski definition) is 1. The van der Waals surface area contributed by atoms with E-state index in [9.17, 15) is 8.42 Å². The van der Waals surface area contributed by atoms with E-state index in [0.29, 0.717) is 0 Å². The maximum absolute atomic E-state index is 12.4. The molecule has 0 unspecified atom stereocenters. The summed E-state index contributed by atoms with van der Waals surface area (Å²) < 4.78 is 27.0. The molecule has 1 aromatic heterocycles. The molecule has 0 aliphatic rings. The lowest BCUT2D eigenvalue weighted by Crippen LogP contribution is -2.18. The lowest BCUT2D eigenvalue weighted by Gasteiger charge is -2.06. The molecule has 1 N–H and O–H groups in total. The highest BCUT2D eigenvalue weighted by molar-refractivity contribution is 7.89. The van der Waals surface area contributed by atoms with Crippen LogP contribution < -0.4 is 4.83 Å². The topological polar surface area (TPSA) is 63.5 Å². The SMILES string of the molecule is Cc1ccc(S(=O)(=O)N/N=C\c2cn(Cc3cccc(C)c3)c3ccccc23)cc1. The van der Waals surface area contributed by atoms with Crippen molar-refractivity contribution >= 4 is 27.1 Å². The van der Waals surface area contributed by atoms with Crippen molar-refractivity contribution in [2.75, 3.05) is 0 Å². The molecule has 0 atom stereocenters. The molecule has 0 fully saturated rings. The molecule has 0 amide bonds. The Labute approximate surface area is 176 Å². The zero-order chi connectivity index (χ0) is 21.1. The number of para-hydroxylation sites is 1. The zero-order valence-electron chi connectivity index (χ0n) is 16.9. The molecule has 0 bridgehead atoms. The van der Waals surface area contributed by atoms with Gasteiger partial charge in [0.15, 0.2) is 0 Å². The van der Waals surface area contributed by atoms with Gasteiger partial charge < -0.3 is 4.57 Å². The Morgan fingerprint density at radius 1 is 0.933 bits per heavy atom. The summed E-state index contributed by atoms with van der Waals surface area (Å²) in [6, 6.07) is 23.1. The largest absolute Gasteiger partial charge is 0.342 e. The van der Waals surface area contributed by atoms with E-state index in [-0.39, 0.29) is 4.90 Å². The van der Waals surface area contributed by atoms with Crippen LogP contribution in [0, 0.1) is 13.8 Å². The van der Waals surface area contributed by atoms with Gasteiger partial charge in [0.05, 0.1) is 11.1 Å². The number of aromatic nitrogens is 1. The first-order chi connectivity index (χ1) is 14.4. The minimum Gasteiger partial charge on any atom is -0.342 e. The Bertz CT molecular complexity index is 1320. The van der Waals surface area contributed by atoms with Crippen molar-refractivity contribution in [1.29, 1.82) is 0 Å². The summed E-state index contributed by atoms with van der Waals surface area (Å²) in [5.41, 5.74) is 5.35. The monoisotopic (exact) mass is 417 g/mol. The van der Waals surface area contributed by atoms with Gasteiger partial charge in [-0.25, -0.2) is 4.83 Å². The summed E-state index contributed by atoms with van der Waals surface area (Å²) in [4.78, 5) is 2.49. The molecule has 0 spiro atoms. The standard InChI is InChI=1S/C24H23N3O2S/c1-18-10-12-22(13-11-18)30(28,29)26-25-15-21-17-27(24-9-4-3-8-23(21)24)16-20-7-5-6-19(2)14-20/h3-15,17,26H,16H2,1-2H3/b25-15-. The Hall–Kier alpha value is -3.38. The number of sulfonamides is 1. The van der Waals surface area contributed by atoms with Gasteiger partial charge in [-0.15, -0.1) is 0 Å². The predicted octanol–water partition coefficient (Wildman–Crippen LogP) is 4.62. The van der Waals surface area contributed by atoms with E-state index in [1.807, 2.05) is 31.3 Å². The molecule has 4 rings (SSSR count). The molecular weight excluding hydrogens is 394 g/mol. The first-order valence-corrected chi connectivity index (χ1v) is 11.2. The van der Waals surface area contributed by atoms with Crippen molar-refractivity contribution in [3.63, 3.8) is 0 Å². The molecule has 6 heteroatoms. The summed E-state index contributed by atoms with van der Waals surface area (Å²) >= 11 is 0. The zero-order valence-corrected chi connectivity index (χ0v) is 17.7. The molecule has 0 aliphatic heterocycles. The van der Waals surface area contributed by atoms with E-state index in [1.165, 1.54) is 11.1 Å². The Balaban J connectivity index is 1.60. The van der Waals surface area contributed by atoms with Crippen LogP contribution >= 0.6 is 0 Å². The van der Waals surface area contributed by atoms with Crippen LogP contribution in [0.3, 0.4) is 0 Å². The van der Waals surface area contributed by atoms with Crippen LogP contribution in [-0.2, 0) is 16.6 Å². The smallest absolute Gasteiger partial charge is 0.276 e. The number of aryl methyl sites for hydroxylation is 2. The third-order valence-corrected chi connectivity index (χ3v) is 6.20. The number of nitrogens with zero attached hydrogens (tertiary/aromatic N) is 2. The van der Waals surface area contributed by atoms with Gasteiger partial charge in [-0.3, -0.25) is 0 Å². The van der Waals surface area contributed by atoms with Gasteiger partial charge in [-0.2, -0.15) is 13.5 Å². The number of benzene rings is 3. The van der Waals surface area contributed by atoms with E-state index in [1.54, 1.807) is 30.5 Å². The first kappa shape index (κ1) is 19.9. The van der Waals surface area contributed by atoms with Crippen LogP contribution in [0.2, 0.25) is 0 Å². The minimum absolute atomic E-state index is 0.187. The second-order valence-corrected chi connectivity index (χ2v) is 9.05. The molecule has 0 aliphatic carbocycles. The summed E-state index contributed by atoms with van der Waals surface area (Å²) in [5.74, 6) is 0. The highest BCUT2D eigenvalue weighted by Gasteiger charge is 2.12. The highest BCUT2D eigenvalue weighted by Crippen LogP contribution is 2.21. The quantitative estimate of drug-likeness (QED) is 0.368. The molecule has 0 radical (unpaired) electrons. The Morgan fingerprint density at radius 3 is 2.47 bits per heavy atom. The van der Waals surface area contributed by atoms with E-state index in [0.717, 1.165) is 28.6 Å². The molecule has 5 nitrogen and oxygen atoms in total. The fourth-order valence-electron chi connectivity index (χ4n) is 3.45. The van der Waals surface area contributed by atoms with Crippen molar-refractivity contribution < 1.29 is 8.42 Å². The molecular formula is C24H23N3O2S. The van der Waals surface area contributed by atoms with Crippen LogP contribution in [0.15, 0.2) is 89.0 Å². The van der Waals surface area contributed by atoms with Crippen LogP contribution in [0.1, 0.15) is 22.3 Å². The number of hydrogen-bond acceptors (Lipinski definition) is 3. The third kappa shape index (κ3) is 4.28. The van der Waals surface area contributed by atoms with Crippen LogP contribution in [0.5, 0.6) is 0 Å². The maximum Gasteiger partial charge on any atom is 0.276 e. The van der Waals surface area contributed by atoms with Crippen molar-refractivity contribution in [2.45, 2.75) is 25.3 Å². The molecule has 0 saturated carbocycles. The highest BCUT2D eigenvalue weighted by atomic mass is 32.2. The van der Waals surface area contributed by atoms with E-state index >= 15 is 0 Å². The molecule has 1 heterocycles. The Morgan fingerprint density at radius 2 is 1.70 bits per heavy atom. The van der Waals surface area contributed by atoms with E-state index in [4.69, 9.17) is 0 Å². The van der Waals surface area contributed by atoms with Gasteiger partial charge in [0.2, 0.25) is 0 Å². The number of fused-ring (bicyclic) bond motifs is 1. The second kappa shape index (κ2) is 8.16. The summed E-state index contributed by atoms with van der Waals surface area (Å²) in [7, 11) is -3.70. The molecule has 152 valence electrons. The summed E-state index contributed by atoms with van der Waals surface area (Å²) in [6.07, 6.45) is 3.55. The normalized spacial score (nSPS) is 11.9. The van der Waals surface area contributed by atoms with E-state index < -0.39 is 10.0 Å². The molecule has 3 aromatic carbocycles. The Kier molecular flexibility index (Phi) is 5.42. The van der Waals surface area contributed by atoms with Crippen molar-refractivity contribution in [1.82, 2.24) is 9.40 Å². The lowest BCUT2D eigenvalue weighted by molar-refractivity contribution is 0.584. The summed E-state index contributed by atoms with van der Waals surface area (Å²) in [6.45, 7) is 4.72. The maximum atomic E-state index is 12.4. The average Bonchev–Trinajstić information content (AvgIpc) is 3.06. The van der Waals surface area contributed by atoms with Crippen LogP contribution in [0.25, 0.3) is 10.9 Å². The van der Waals surface area contributed by atoms with Gasteiger partial charge in [0.25, 0.3) is 10.0 Å². The van der Waals surface area contributed by atoms with Crippen molar-refractivity contribution in [3.8, 4) is 0 Å². The van der Waals surface area contributed by atoms with E-state index in [2.05, 4.69) is 51.8 Å². The second-order valence-electron chi connectivity index (χ2n) is 7.38. The van der Waals surface area contributed by atoms with Crippen LogP contribution in [0.4, 0.5) is 0 Å². The van der Waals surface area contributed by atoms with Gasteiger partial charge >= 0.3 is 0 Å². The fraction of sp³-hybridized carbons (Fsp3) is 0.125. The average molecular weight is 418 g/mol. The van der Waals surface area contributed by atoms with Gasteiger partial charge in [-0.1, -0.05) is 65.7 Å². The molecule has 0 saturated heterocycles. The predicted molar refractivity (Wildman–Crippen MR) is 121 cm³/mol. The van der Waals surface area contributed by atoms with Crippen molar-refractivity contribution in [2.24, 2.45) is 5.10 Å². The lowest BCUT2D eigenvalue weighted by atomic mass is 10.1. The van der Waals surface area contributed by atoms with Gasteiger partial charge in [0.1, 0.15) is 0 Å². The minimum atomic E-state index is -3.70. The van der Waals surface area contributed by atoms with Crippen molar-refractivity contribution in [3.05, 3.63) is 101 Å². The molecule has 30 heavy (non-hydrogen) atoms. The third-order valence-electron chi connectivity index (χ3n) is 4.96. The molecule has 4 aromatic rings. The van der Waals surface area contributed by atoms with Crippen LogP contribution in [-0.4, -0.2) is 19.2 Å². The van der Waals surface area contributed by atoms with Gasteiger partial charge in [0, 0.05) is 29.2 Å². The fourth-order valence-corrected chi connectivity index (χ4v) is 4.24.